The molecule has 2 heterocycles. The number of amides is 2. The maximum absolute atomic E-state index is 12.4. The molecular formula is C15H16N2O4. The van der Waals surface area contributed by atoms with E-state index in [1.54, 1.807) is 6.92 Å². The molecule has 0 radical (unpaired) electrons. The van der Waals surface area contributed by atoms with Crippen LogP contribution in [0.15, 0.2) is 36.9 Å². The summed E-state index contributed by atoms with van der Waals surface area (Å²) in [5.74, 6) is -0.472. The van der Waals surface area contributed by atoms with Crippen molar-refractivity contribution >= 4 is 12.0 Å². The van der Waals surface area contributed by atoms with Crippen LogP contribution in [0.5, 0.6) is 5.75 Å². The summed E-state index contributed by atoms with van der Waals surface area (Å²) in [5.41, 5.74) is -0.370. The van der Waals surface area contributed by atoms with Crippen LogP contribution < -0.4 is 15.4 Å². The van der Waals surface area contributed by atoms with Crippen molar-refractivity contribution in [2.45, 2.75) is 18.7 Å². The van der Waals surface area contributed by atoms with Gasteiger partial charge in [0.25, 0.3) is 0 Å². The van der Waals surface area contributed by atoms with Gasteiger partial charge in [0, 0.05) is 5.56 Å². The van der Waals surface area contributed by atoms with Crippen LogP contribution >= 0.6 is 0 Å². The number of nitrogens with one attached hydrogen (secondary N) is 2. The number of para-hydroxylation sites is 1. The summed E-state index contributed by atoms with van der Waals surface area (Å²) >= 11 is 0. The summed E-state index contributed by atoms with van der Waals surface area (Å²) in [5, 5.41) is 5.45. The van der Waals surface area contributed by atoms with Gasteiger partial charge in [-0.25, -0.2) is 4.79 Å². The summed E-state index contributed by atoms with van der Waals surface area (Å²) in [6, 6.07) is 6.47. The Labute approximate surface area is 122 Å². The lowest BCUT2D eigenvalue weighted by atomic mass is 9.80. The van der Waals surface area contributed by atoms with Crippen LogP contribution in [-0.2, 0) is 9.53 Å². The van der Waals surface area contributed by atoms with E-state index in [-0.39, 0.29) is 12.6 Å². The summed E-state index contributed by atoms with van der Waals surface area (Å²) in [6.45, 7) is 5.32. The minimum absolute atomic E-state index is 0.119. The van der Waals surface area contributed by atoms with E-state index in [9.17, 15) is 9.59 Å². The van der Waals surface area contributed by atoms with Gasteiger partial charge < -0.3 is 14.8 Å². The normalized spacial score (nSPS) is 29.3. The lowest BCUT2D eigenvalue weighted by Crippen LogP contribution is -2.70. The van der Waals surface area contributed by atoms with E-state index in [0.717, 1.165) is 5.56 Å². The molecule has 0 spiro atoms. The Morgan fingerprint density at radius 1 is 1.52 bits per heavy atom. The van der Waals surface area contributed by atoms with E-state index in [1.807, 2.05) is 24.3 Å². The number of rotatable bonds is 3. The molecule has 3 unspecified atom stereocenters. The van der Waals surface area contributed by atoms with Gasteiger partial charge in [0.2, 0.25) is 0 Å². The number of fused-ring (bicyclic) bond motifs is 4. The number of hydrogen-bond donors (Lipinski definition) is 2. The monoisotopic (exact) mass is 288 g/mol. The maximum atomic E-state index is 12.4. The molecule has 1 fully saturated rings. The van der Waals surface area contributed by atoms with Crippen LogP contribution in [0.1, 0.15) is 18.5 Å². The van der Waals surface area contributed by atoms with Crippen molar-refractivity contribution in [3.05, 3.63) is 42.5 Å². The zero-order chi connectivity index (χ0) is 15.0. The first kappa shape index (κ1) is 13.5. The quantitative estimate of drug-likeness (QED) is 0.652. The average molecular weight is 288 g/mol. The Morgan fingerprint density at radius 3 is 3.05 bits per heavy atom. The van der Waals surface area contributed by atoms with E-state index in [0.29, 0.717) is 5.75 Å². The van der Waals surface area contributed by atoms with Crippen molar-refractivity contribution in [1.29, 1.82) is 0 Å². The highest BCUT2D eigenvalue weighted by Gasteiger charge is 2.56. The minimum Gasteiger partial charge on any atom is -0.467 e. The third-order valence-electron chi connectivity index (χ3n) is 3.75. The number of urea groups is 1. The molecule has 6 heteroatoms. The molecule has 1 aromatic carbocycles. The topological polar surface area (TPSA) is 76.7 Å². The predicted molar refractivity (Wildman–Crippen MR) is 74.5 cm³/mol. The molecule has 1 saturated heterocycles. The number of carbonyl (C=O) groups is 2. The smallest absolute Gasteiger partial charge is 0.318 e. The molecule has 3 rings (SSSR count). The number of benzene rings is 1. The highest BCUT2D eigenvalue weighted by Crippen LogP contribution is 2.44. The standard InChI is InChI=1S/C15H16N2O4/c1-3-8-20-13(18)11-12-9-6-4-5-7-10(9)21-15(11,2)17-14(19)16-12/h3-7,11-12H,1,8H2,2H3,(H2,16,17,19). The second-order valence-corrected chi connectivity index (χ2v) is 5.22. The molecule has 3 atom stereocenters. The first-order chi connectivity index (χ1) is 10.0. The molecule has 6 nitrogen and oxygen atoms in total. The Kier molecular flexibility index (Phi) is 3.08. The van der Waals surface area contributed by atoms with E-state index >= 15 is 0 Å². The molecule has 1 aromatic rings. The fourth-order valence-electron chi connectivity index (χ4n) is 2.88. The molecule has 21 heavy (non-hydrogen) atoms. The van der Waals surface area contributed by atoms with Crippen LogP contribution in [0.3, 0.4) is 0 Å². The van der Waals surface area contributed by atoms with E-state index in [2.05, 4.69) is 17.2 Å². The van der Waals surface area contributed by atoms with Crippen LogP contribution in [0.4, 0.5) is 4.79 Å². The molecule has 0 aromatic heterocycles. The Morgan fingerprint density at radius 2 is 2.29 bits per heavy atom. The number of carbonyl (C=O) groups excluding carboxylic acids is 2. The second kappa shape index (κ2) is 4.80. The molecule has 2 N–H and O–H groups in total. The maximum Gasteiger partial charge on any atom is 0.318 e. The highest BCUT2D eigenvalue weighted by molar-refractivity contribution is 5.84. The van der Waals surface area contributed by atoms with Crippen molar-refractivity contribution in [1.82, 2.24) is 10.6 Å². The highest BCUT2D eigenvalue weighted by atomic mass is 16.5. The first-order valence-corrected chi connectivity index (χ1v) is 6.69. The summed E-state index contributed by atoms with van der Waals surface area (Å²) in [7, 11) is 0. The first-order valence-electron chi connectivity index (χ1n) is 6.69. The third kappa shape index (κ3) is 2.12. The summed E-state index contributed by atoms with van der Waals surface area (Å²) in [6.07, 6.45) is 1.50. The van der Waals surface area contributed by atoms with Gasteiger partial charge in [-0.2, -0.15) is 0 Å². The SMILES string of the molecule is C=CCOC(=O)C1C2NC(=O)NC1(C)Oc1ccccc12. The lowest BCUT2D eigenvalue weighted by Gasteiger charge is -2.48. The van der Waals surface area contributed by atoms with Gasteiger partial charge in [-0.1, -0.05) is 30.9 Å². The fraction of sp³-hybridized carbons (Fsp3) is 0.333. The molecule has 0 aliphatic carbocycles. The van der Waals surface area contributed by atoms with Gasteiger partial charge in [-0.15, -0.1) is 0 Å². The Bertz CT molecular complexity index is 615. The zero-order valence-electron chi connectivity index (χ0n) is 11.6. The molecule has 0 saturated carbocycles. The van der Waals surface area contributed by atoms with Gasteiger partial charge in [0.05, 0.1) is 6.04 Å². The molecule has 2 bridgehead atoms. The van der Waals surface area contributed by atoms with Gasteiger partial charge in [-0.3, -0.25) is 10.1 Å². The van der Waals surface area contributed by atoms with Crippen molar-refractivity contribution in [2.24, 2.45) is 5.92 Å². The lowest BCUT2D eigenvalue weighted by molar-refractivity contribution is -0.162. The Balaban J connectivity index is 2.03. The number of hydrogen-bond acceptors (Lipinski definition) is 4. The van der Waals surface area contributed by atoms with Crippen LogP contribution in [-0.4, -0.2) is 24.3 Å². The van der Waals surface area contributed by atoms with Gasteiger partial charge in [0.1, 0.15) is 18.3 Å². The zero-order valence-corrected chi connectivity index (χ0v) is 11.6. The second-order valence-electron chi connectivity index (χ2n) is 5.22. The predicted octanol–water partition coefficient (Wildman–Crippen LogP) is 1.49. The van der Waals surface area contributed by atoms with Gasteiger partial charge in [0.15, 0.2) is 5.72 Å². The van der Waals surface area contributed by atoms with Crippen molar-refractivity contribution in [3.63, 3.8) is 0 Å². The van der Waals surface area contributed by atoms with Crippen molar-refractivity contribution in [3.8, 4) is 5.75 Å². The molecular weight excluding hydrogens is 272 g/mol. The average Bonchev–Trinajstić information content (AvgIpc) is 2.43. The van der Waals surface area contributed by atoms with E-state index < -0.39 is 23.7 Å². The molecule has 110 valence electrons. The van der Waals surface area contributed by atoms with Crippen molar-refractivity contribution in [2.75, 3.05) is 6.61 Å². The van der Waals surface area contributed by atoms with E-state index in [1.165, 1.54) is 6.08 Å². The largest absolute Gasteiger partial charge is 0.467 e. The van der Waals surface area contributed by atoms with Crippen LogP contribution in [0.25, 0.3) is 0 Å². The molecule has 2 aliphatic rings. The summed E-state index contributed by atoms with van der Waals surface area (Å²) in [4.78, 5) is 24.2. The number of esters is 1. The number of ether oxygens (including phenoxy) is 2. The minimum atomic E-state index is -1.14. The molecule has 2 aliphatic heterocycles. The van der Waals surface area contributed by atoms with Crippen LogP contribution in [0, 0.1) is 5.92 Å². The Hall–Kier alpha value is -2.50. The third-order valence-corrected chi connectivity index (χ3v) is 3.75. The van der Waals surface area contributed by atoms with Gasteiger partial charge in [-0.05, 0) is 13.0 Å². The molecule has 2 amide bonds. The summed E-state index contributed by atoms with van der Waals surface area (Å²) < 4.78 is 11.0. The van der Waals surface area contributed by atoms with Gasteiger partial charge >= 0.3 is 12.0 Å². The fourth-order valence-corrected chi connectivity index (χ4v) is 2.88. The van der Waals surface area contributed by atoms with E-state index in [4.69, 9.17) is 9.47 Å². The van der Waals surface area contributed by atoms with Crippen LogP contribution in [0.2, 0.25) is 0 Å². The van der Waals surface area contributed by atoms with Crippen molar-refractivity contribution < 1.29 is 19.1 Å².